The lowest BCUT2D eigenvalue weighted by atomic mass is 10.2. The summed E-state index contributed by atoms with van der Waals surface area (Å²) >= 11 is 1.55. The molecule has 25 heavy (non-hydrogen) atoms. The highest BCUT2D eigenvalue weighted by atomic mass is 32.1. The zero-order chi connectivity index (χ0) is 17.2. The fourth-order valence-electron chi connectivity index (χ4n) is 2.62. The van der Waals surface area contributed by atoms with Gasteiger partial charge in [-0.1, -0.05) is 12.1 Å². The van der Waals surface area contributed by atoms with E-state index in [4.69, 9.17) is 9.47 Å². The van der Waals surface area contributed by atoms with E-state index in [9.17, 15) is 4.79 Å². The molecule has 0 fully saturated rings. The van der Waals surface area contributed by atoms with Gasteiger partial charge in [0.05, 0.1) is 13.7 Å². The molecule has 0 saturated heterocycles. The number of hydrogen-bond donors (Lipinski definition) is 0. The number of carbonyl (C=O) groups excluding carboxylic acids is 1. The molecule has 0 atom stereocenters. The van der Waals surface area contributed by atoms with Gasteiger partial charge in [-0.3, -0.25) is 9.69 Å². The fraction of sp³-hybridized carbons (Fsp3) is 0.167. The van der Waals surface area contributed by atoms with E-state index in [1.807, 2.05) is 30.3 Å². The number of fused-ring (bicyclic) bond motifs is 1. The summed E-state index contributed by atoms with van der Waals surface area (Å²) in [5.41, 5.74) is 0.988. The lowest BCUT2D eigenvalue weighted by molar-refractivity contribution is -0.121. The minimum Gasteiger partial charge on any atom is -0.497 e. The maximum atomic E-state index is 12.3. The first-order chi connectivity index (χ1) is 12.2. The van der Waals surface area contributed by atoms with Crippen molar-refractivity contribution in [1.82, 2.24) is 9.97 Å². The molecule has 0 bridgehead atoms. The molecule has 6 nitrogen and oxygen atoms in total. The summed E-state index contributed by atoms with van der Waals surface area (Å²) in [5, 5.41) is 0.885. The van der Waals surface area contributed by atoms with Crippen LogP contribution in [-0.4, -0.2) is 29.6 Å². The first-order valence-corrected chi connectivity index (χ1v) is 8.53. The number of anilines is 1. The molecule has 1 aliphatic rings. The van der Waals surface area contributed by atoms with Crippen LogP contribution in [0.1, 0.15) is 4.88 Å². The quantitative estimate of drug-likeness (QED) is 0.721. The van der Waals surface area contributed by atoms with E-state index in [-0.39, 0.29) is 12.5 Å². The Morgan fingerprint density at radius 1 is 1.28 bits per heavy atom. The molecule has 4 rings (SSSR count). The second kappa shape index (κ2) is 6.52. The van der Waals surface area contributed by atoms with Crippen molar-refractivity contribution in [2.24, 2.45) is 0 Å². The standard InChI is InChI=1S/C18H15N3O3S/c1-23-13-5-2-4-12(8-13)18-20-9-14(25-18)10-21-16(22)11-24-15-6-3-7-19-17(15)21/h2-9H,10-11H2,1H3. The molecular weight excluding hydrogens is 338 g/mol. The van der Waals surface area contributed by atoms with Gasteiger partial charge < -0.3 is 9.47 Å². The lowest BCUT2D eigenvalue weighted by Crippen LogP contribution is -2.38. The predicted octanol–water partition coefficient (Wildman–Crippen LogP) is 3.14. The van der Waals surface area contributed by atoms with Gasteiger partial charge in [0.15, 0.2) is 18.2 Å². The van der Waals surface area contributed by atoms with Gasteiger partial charge in [0.1, 0.15) is 10.8 Å². The summed E-state index contributed by atoms with van der Waals surface area (Å²) < 4.78 is 10.7. The third kappa shape index (κ3) is 3.06. The molecule has 0 aliphatic carbocycles. The topological polar surface area (TPSA) is 64.5 Å². The molecule has 2 aromatic heterocycles. The zero-order valence-corrected chi connectivity index (χ0v) is 14.3. The normalized spacial score (nSPS) is 13.3. The van der Waals surface area contributed by atoms with E-state index in [2.05, 4.69) is 9.97 Å². The third-order valence-corrected chi connectivity index (χ3v) is 4.87. The van der Waals surface area contributed by atoms with Crippen LogP contribution in [0.3, 0.4) is 0 Å². The molecule has 1 aliphatic heterocycles. The maximum absolute atomic E-state index is 12.3. The molecule has 1 amide bonds. The van der Waals surface area contributed by atoms with Gasteiger partial charge in [-0.15, -0.1) is 11.3 Å². The number of ether oxygens (including phenoxy) is 2. The average Bonchev–Trinajstić information content (AvgIpc) is 3.13. The Kier molecular flexibility index (Phi) is 4.07. The molecule has 0 N–H and O–H groups in total. The Hall–Kier alpha value is -2.93. The number of thiazole rings is 1. The van der Waals surface area contributed by atoms with Crippen LogP contribution in [0.5, 0.6) is 11.5 Å². The molecule has 126 valence electrons. The van der Waals surface area contributed by atoms with Crippen molar-refractivity contribution in [3.05, 3.63) is 53.7 Å². The van der Waals surface area contributed by atoms with E-state index in [0.717, 1.165) is 21.2 Å². The van der Waals surface area contributed by atoms with E-state index >= 15 is 0 Å². The average molecular weight is 353 g/mol. The van der Waals surface area contributed by atoms with Crippen LogP contribution in [0.15, 0.2) is 48.8 Å². The van der Waals surface area contributed by atoms with Crippen molar-refractivity contribution < 1.29 is 14.3 Å². The van der Waals surface area contributed by atoms with E-state index < -0.39 is 0 Å². The van der Waals surface area contributed by atoms with Crippen molar-refractivity contribution in [2.75, 3.05) is 18.6 Å². The molecule has 0 spiro atoms. The fourth-order valence-corrected chi connectivity index (χ4v) is 3.52. The van der Waals surface area contributed by atoms with Crippen LogP contribution < -0.4 is 14.4 Å². The number of hydrogen-bond acceptors (Lipinski definition) is 6. The summed E-state index contributed by atoms with van der Waals surface area (Å²) in [4.78, 5) is 23.6. The van der Waals surface area contributed by atoms with Gasteiger partial charge in [-0.25, -0.2) is 9.97 Å². The van der Waals surface area contributed by atoms with Crippen LogP contribution in [0.2, 0.25) is 0 Å². The summed E-state index contributed by atoms with van der Waals surface area (Å²) in [6.07, 6.45) is 3.45. The Bertz CT molecular complexity index is 925. The van der Waals surface area contributed by atoms with Gasteiger partial charge in [0.2, 0.25) is 0 Å². The molecule has 1 aromatic carbocycles. The monoisotopic (exact) mass is 353 g/mol. The number of rotatable bonds is 4. The highest BCUT2D eigenvalue weighted by Crippen LogP contribution is 2.33. The van der Waals surface area contributed by atoms with Crippen LogP contribution in [-0.2, 0) is 11.3 Å². The number of amides is 1. The minimum absolute atomic E-state index is 0.0280. The molecule has 3 aromatic rings. The Balaban J connectivity index is 1.60. The number of methoxy groups -OCH3 is 1. The zero-order valence-electron chi connectivity index (χ0n) is 13.5. The van der Waals surface area contributed by atoms with Gasteiger partial charge in [-0.2, -0.15) is 0 Å². The largest absolute Gasteiger partial charge is 0.497 e. The second-order valence-corrected chi connectivity index (χ2v) is 6.57. The minimum atomic E-state index is -0.109. The predicted molar refractivity (Wildman–Crippen MR) is 95.0 cm³/mol. The smallest absolute Gasteiger partial charge is 0.266 e. The summed E-state index contributed by atoms with van der Waals surface area (Å²) in [6.45, 7) is 0.452. The van der Waals surface area contributed by atoms with Crippen molar-refractivity contribution in [3.63, 3.8) is 0 Å². The lowest BCUT2D eigenvalue weighted by Gasteiger charge is -2.27. The number of pyridine rings is 1. The van der Waals surface area contributed by atoms with E-state index in [1.165, 1.54) is 0 Å². The molecule has 7 heteroatoms. The van der Waals surface area contributed by atoms with Crippen LogP contribution >= 0.6 is 11.3 Å². The highest BCUT2D eigenvalue weighted by molar-refractivity contribution is 7.15. The van der Waals surface area contributed by atoms with Gasteiger partial charge in [0.25, 0.3) is 5.91 Å². The number of aromatic nitrogens is 2. The maximum Gasteiger partial charge on any atom is 0.266 e. The van der Waals surface area contributed by atoms with Gasteiger partial charge in [0, 0.05) is 22.8 Å². The first kappa shape index (κ1) is 15.6. The summed E-state index contributed by atoms with van der Waals surface area (Å²) in [7, 11) is 1.64. The molecule has 0 radical (unpaired) electrons. The summed E-state index contributed by atoms with van der Waals surface area (Å²) in [6, 6.07) is 11.4. The van der Waals surface area contributed by atoms with Crippen LogP contribution in [0.25, 0.3) is 10.6 Å². The first-order valence-electron chi connectivity index (χ1n) is 7.72. The molecule has 0 unspecified atom stereocenters. The van der Waals surface area contributed by atoms with Crippen molar-refractivity contribution in [1.29, 1.82) is 0 Å². The Morgan fingerprint density at radius 2 is 2.20 bits per heavy atom. The Morgan fingerprint density at radius 3 is 3.08 bits per heavy atom. The second-order valence-electron chi connectivity index (χ2n) is 5.46. The molecular formula is C18H15N3O3S. The highest BCUT2D eigenvalue weighted by Gasteiger charge is 2.27. The van der Waals surface area contributed by atoms with Gasteiger partial charge >= 0.3 is 0 Å². The van der Waals surface area contributed by atoms with Crippen LogP contribution in [0.4, 0.5) is 5.82 Å². The number of nitrogens with zero attached hydrogens (tertiary/aromatic N) is 3. The third-order valence-electron chi connectivity index (χ3n) is 3.84. The number of carbonyl (C=O) groups is 1. The molecule has 0 saturated carbocycles. The molecule has 3 heterocycles. The van der Waals surface area contributed by atoms with Crippen molar-refractivity contribution in [2.45, 2.75) is 6.54 Å². The van der Waals surface area contributed by atoms with Crippen molar-refractivity contribution in [3.8, 4) is 22.1 Å². The van der Waals surface area contributed by atoms with Gasteiger partial charge in [-0.05, 0) is 24.3 Å². The van der Waals surface area contributed by atoms with Crippen LogP contribution in [0, 0.1) is 0 Å². The van der Waals surface area contributed by atoms with Crippen molar-refractivity contribution >= 4 is 23.1 Å². The van der Waals surface area contributed by atoms with E-state index in [1.54, 1.807) is 41.8 Å². The Labute approximate surface area is 148 Å². The van der Waals surface area contributed by atoms with E-state index in [0.29, 0.717) is 18.1 Å². The summed E-state index contributed by atoms with van der Waals surface area (Å²) in [5.74, 6) is 1.85. The SMILES string of the molecule is COc1cccc(-c2ncc(CN3C(=O)COc4cccnc43)s2)c1. The number of benzene rings is 1.